The highest BCUT2D eigenvalue weighted by Gasteiger charge is 2.50. The van der Waals surface area contributed by atoms with E-state index in [1.54, 1.807) is 97.1 Å². The van der Waals surface area contributed by atoms with E-state index in [2.05, 4.69) is 121 Å². The Morgan fingerprint density at radius 3 is 1.03 bits per heavy atom. The zero-order valence-corrected chi connectivity index (χ0v) is 66.8. The molecule has 15 aromatic carbocycles. The summed E-state index contributed by atoms with van der Waals surface area (Å²) in [5.74, 6) is -1.36. The van der Waals surface area contributed by atoms with Gasteiger partial charge in [-0.2, -0.15) is 43.2 Å². The van der Waals surface area contributed by atoms with Gasteiger partial charge >= 0.3 is 31.3 Å². The van der Waals surface area contributed by atoms with Crippen LogP contribution in [0.1, 0.15) is 11.1 Å². The number of nitro benzene ring substituents is 3. The molecule has 0 saturated heterocycles. The molecule has 17 aromatic rings. The number of hydrogen-bond acceptors (Lipinski definition) is 14. The van der Waals surface area contributed by atoms with Crippen LogP contribution in [0.2, 0.25) is 25.1 Å². The Labute approximate surface area is 692 Å². The summed E-state index contributed by atoms with van der Waals surface area (Å²) in [6.45, 7) is 4.31. The molecule has 0 atom stereocenters. The lowest BCUT2D eigenvalue weighted by Gasteiger charge is -2.14. The number of hydrogen-bond donors (Lipinski definition) is 4. The first-order chi connectivity index (χ1) is 55.4. The fraction of sp³-hybridized carbons (Fsp3) is 0.0476. The van der Waals surface area contributed by atoms with Crippen LogP contribution in [0, 0.1) is 44.2 Å². The zero-order valence-electron chi connectivity index (χ0n) is 59.8. The molecule has 0 radical (unpaired) electrons. The first kappa shape index (κ1) is 84.4. The van der Waals surface area contributed by atoms with Crippen LogP contribution in [-0.2, 0) is 20.2 Å². The number of nitrogens with one attached hydrogen (secondary N) is 2. The van der Waals surface area contributed by atoms with Crippen molar-refractivity contribution in [2.24, 2.45) is 0 Å². The molecule has 33 heteroatoms. The summed E-state index contributed by atoms with van der Waals surface area (Å²) < 4.78 is 127. The van der Waals surface area contributed by atoms with Gasteiger partial charge in [-0.3, -0.25) is 30.3 Å². The maximum atomic E-state index is 12.4. The lowest BCUT2D eigenvalue weighted by molar-refractivity contribution is -0.385. The molecule has 4 N–H and O–H groups in total. The van der Waals surface area contributed by atoms with Gasteiger partial charge in [-0.1, -0.05) is 204 Å². The highest BCUT2D eigenvalue weighted by Crippen LogP contribution is 2.45. The van der Waals surface area contributed by atoms with Crippen LogP contribution in [-0.4, -0.2) is 62.8 Å². The fourth-order valence-corrected chi connectivity index (χ4v) is 15.1. The van der Waals surface area contributed by atoms with Gasteiger partial charge in [-0.15, -0.1) is 0 Å². The maximum absolute atomic E-state index is 12.4. The molecule has 2 aromatic heterocycles. The minimum atomic E-state index is -6.05. The Balaban J connectivity index is 0.000000135. The van der Waals surface area contributed by atoms with E-state index in [-0.39, 0.29) is 38.6 Å². The van der Waals surface area contributed by atoms with Crippen molar-refractivity contribution >= 4 is 209 Å². The highest BCUT2D eigenvalue weighted by molar-refractivity contribution is 9.10. The number of H-pyrrole nitrogens is 2. The first-order valence-electron chi connectivity index (χ1n) is 34.0. The van der Waals surface area contributed by atoms with Crippen LogP contribution in [0.25, 0.3) is 120 Å². The van der Waals surface area contributed by atoms with E-state index in [4.69, 9.17) is 58.0 Å². The van der Waals surface area contributed by atoms with Crippen molar-refractivity contribution in [3.05, 3.63) is 332 Å². The van der Waals surface area contributed by atoms with Crippen LogP contribution >= 0.6 is 73.9 Å². The third-order valence-corrected chi connectivity index (χ3v) is 22.0. The van der Waals surface area contributed by atoms with Crippen LogP contribution in [0.15, 0.2) is 265 Å². The number of aryl methyl sites for hydroxylation is 2. The molecule has 17 rings (SSSR count). The molecule has 19 nitrogen and oxygen atoms in total. The van der Waals surface area contributed by atoms with Gasteiger partial charge in [-0.05, 0) is 181 Å². The highest BCUT2D eigenvalue weighted by atomic mass is 79.9. The zero-order chi connectivity index (χ0) is 84.3. The van der Waals surface area contributed by atoms with E-state index in [0.29, 0.717) is 42.5 Å². The number of aromatic hydroxyl groups is 2. The minimum Gasteiger partial charge on any atom is -0.507 e. The average Bonchev–Trinajstić information content (AvgIpc) is 1.59. The Kier molecular flexibility index (Phi) is 24.8. The summed E-state index contributed by atoms with van der Waals surface area (Å²) in [5, 5.41) is 66.6. The van der Waals surface area contributed by atoms with Gasteiger partial charge in [0.1, 0.15) is 11.5 Å². The molecule has 2 heterocycles. The number of benzene rings is 15. The Bertz CT molecular complexity index is 6620. The lowest BCUT2D eigenvalue weighted by Crippen LogP contribution is -2.28. The molecule has 0 bridgehead atoms. The molecule has 0 amide bonds. The first-order valence-corrected chi connectivity index (χ1v) is 39.5. The van der Waals surface area contributed by atoms with E-state index in [0.717, 1.165) is 79.3 Å². The molecule has 0 unspecified atom stereocenters. The van der Waals surface area contributed by atoms with Crippen molar-refractivity contribution in [1.82, 2.24) is 9.97 Å². The monoisotopic (exact) mass is 1790 g/mol. The predicted molar refractivity (Wildman–Crippen MR) is 453 cm³/mol. The Hall–Kier alpha value is -12.0. The normalized spacial score (nSPS) is 11.6. The van der Waals surface area contributed by atoms with Crippen molar-refractivity contribution in [1.29, 1.82) is 0 Å². The van der Waals surface area contributed by atoms with Gasteiger partial charge < -0.3 is 28.5 Å². The molecule has 0 spiro atoms. The maximum Gasteiger partial charge on any atom is 0.534 e. The van der Waals surface area contributed by atoms with Crippen molar-refractivity contribution in [3.8, 4) is 45.3 Å². The number of rotatable bonds is 9. The fourth-order valence-electron chi connectivity index (χ4n) is 13.0. The number of halogens is 12. The summed E-state index contributed by atoms with van der Waals surface area (Å²) in [4.78, 5) is 39.0. The Morgan fingerprint density at radius 1 is 0.342 bits per heavy atom. The molecule has 117 heavy (non-hydrogen) atoms. The second-order valence-corrected chi connectivity index (χ2v) is 31.7. The molecular weight excluding hydrogens is 1740 g/mol. The second-order valence-electron chi connectivity index (χ2n) is 25.6. The summed E-state index contributed by atoms with van der Waals surface area (Å²) in [7, 11) is -12.1. The van der Waals surface area contributed by atoms with E-state index < -0.39 is 68.3 Å². The standard InChI is InChI=1S/C22H12Cl2N2O4.C22H12Cl2N2.C12H6F6O6S2.C12H12.C10H8O2.C6H3BrClNO2/c23-13-7-9-19(21(11-13)25(27)28)17-5-1-3-15-16(17)4-2-6-18(15)20-10-8-14(24)12-22(20)26(29)30;23-11-1-3-15-19(9-11)25-17-7-6-14-13(21(15)17)5-8-18-22(14)16-4-2-12(24)10-20(16)26-18;13-11(14,15)25(19,20)23-9-5-1-3-7-8(9)4-2-6-10(7)24-26(21,22)12(16,17)18;1-9-5-3-8-12-10(2)6-4-7-11(9)12;11-9-5-1-3-7-8(9)4-2-6-10(7)12;7-5-2-1-4(8)3-6(5)9(10)11/h1-12H;1-10,25-26H;1-6H;3-8H,1-2H3;1-6,11-12H;1-3H. The quantitative estimate of drug-likeness (QED) is 0.0344. The largest absolute Gasteiger partial charge is 0.534 e. The lowest BCUT2D eigenvalue weighted by atomic mass is 9.92. The predicted octanol–water partition coefficient (Wildman–Crippen LogP) is 26.7. The second kappa shape index (κ2) is 34.4. The number of aromatic amines is 2. The Morgan fingerprint density at radius 2 is 0.650 bits per heavy atom. The number of phenols is 2. The number of alkyl halides is 6. The average molecular weight is 1790 g/mol. The number of phenolic OH excluding ortho intramolecular Hbond substituents is 2. The number of nitro groups is 3. The summed E-state index contributed by atoms with van der Waals surface area (Å²) in [6, 6.07) is 73.4. The molecule has 0 saturated carbocycles. The number of fused-ring (bicyclic) bond motifs is 13. The SMILES string of the molecule is Cc1cccc2c(C)cccc12.Clc1ccc2c(c1)[nH]c1ccc3c(ccc4[nH]c5cc(Cl)ccc5c43)c12.O=S(=O)(Oc1cccc2c(OS(=O)(=O)C(F)(F)F)cccc12)C(F)(F)F.O=[N+]([O-])c1cc(Cl)ccc1-c1cccc2c(-c3ccc(Cl)cc3[N+](=O)[O-])cccc12.O=[N+]([O-])c1cc(Cl)ccc1Br.Oc1cccc2c(O)cccc12. The van der Waals surface area contributed by atoms with Crippen LogP contribution in [0.3, 0.4) is 0 Å². The smallest absolute Gasteiger partial charge is 0.507 e. The van der Waals surface area contributed by atoms with Crippen molar-refractivity contribution in [2.45, 2.75) is 24.9 Å². The molecule has 0 aliphatic carbocycles. The van der Waals surface area contributed by atoms with Crippen LogP contribution in [0.5, 0.6) is 23.0 Å². The molecule has 594 valence electrons. The molecule has 0 fully saturated rings. The molecular formula is C84H53BrCl5F6N5O14S2. The van der Waals surface area contributed by atoms with E-state index >= 15 is 0 Å². The van der Waals surface area contributed by atoms with Crippen molar-refractivity contribution < 1.29 is 76.5 Å². The van der Waals surface area contributed by atoms with Gasteiger partial charge in [0.15, 0.2) is 11.5 Å². The molecule has 0 aliphatic rings. The van der Waals surface area contributed by atoms with Crippen molar-refractivity contribution in [3.63, 3.8) is 0 Å². The van der Waals surface area contributed by atoms with E-state index in [9.17, 15) is 83.7 Å². The van der Waals surface area contributed by atoms with Crippen LogP contribution in [0.4, 0.5) is 43.4 Å². The molecule has 0 aliphatic heterocycles. The van der Waals surface area contributed by atoms with Crippen molar-refractivity contribution in [2.75, 3.05) is 0 Å². The minimum absolute atomic E-state index is 0.0162. The summed E-state index contributed by atoms with van der Waals surface area (Å²) >= 11 is 32.8. The van der Waals surface area contributed by atoms with E-state index in [1.165, 1.54) is 72.4 Å². The van der Waals surface area contributed by atoms with E-state index in [1.807, 2.05) is 36.4 Å². The van der Waals surface area contributed by atoms with Gasteiger partial charge in [0, 0.05) is 108 Å². The number of nitrogens with zero attached hydrogens (tertiary/aromatic N) is 3. The number of aromatic nitrogens is 2. The summed E-state index contributed by atoms with van der Waals surface area (Å²) in [5.41, 5.74) is -2.56. The topological polar surface area (TPSA) is 288 Å². The third-order valence-electron chi connectivity index (χ3n) is 18.2. The summed E-state index contributed by atoms with van der Waals surface area (Å²) in [6.07, 6.45) is 0. The van der Waals surface area contributed by atoms with Gasteiger partial charge in [0.2, 0.25) is 0 Å². The third kappa shape index (κ3) is 18.3. The van der Waals surface area contributed by atoms with Crippen LogP contribution < -0.4 is 8.37 Å². The van der Waals surface area contributed by atoms with Gasteiger partial charge in [-0.25, -0.2) is 0 Å². The van der Waals surface area contributed by atoms with Gasteiger partial charge in [0.25, 0.3) is 17.1 Å². The van der Waals surface area contributed by atoms with Gasteiger partial charge in [0.05, 0.1) is 30.4 Å².